The monoisotopic (exact) mass is 285 g/mol. The van der Waals surface area contributed by atoms with Crippen molar-refractivity contribution in [3.05, 3.63) is 45.9 Å². The molecule has 0 aliphatic heterocycles. The van der Waals surface area contributed by atoms with Crippen LogP contribution in [0.25, 0.3) is 0 Å². The van der Waals surface area contributed by atoms with Crippen molar-refractivity contribution in [1.29, 1.82) is 0 Å². The van der Waals surface area contributed by atoms with Gasteiger partial charge in [0.1, 0.15) is 11.5 Å². The van der Waals surface area contributed by atoms with Crippen LogP contribution in [-0.4, -0.2) is 20.1 Å². The molecule has 2 rings (SSSR count). The summed E-state index contributed by atoms with van der Waals surface area (Å²) in [6.07, 6.45) is 1.62. The summed E-state index contributed by atoms with van der Waals surface area (Å²) < 4.78 is 15.3. The van der Waals surface area contributed by atoms with E-state index in [4.69, 9.17) is 5.11 Å². The highest BCUT2D eigenvalue weighted by Gasteiger charge is 2.03. The zero-order chi connectivity index (χ0) is 11.5. The Bertz CT molecular complexity index is 480. The minimum Gasteiger partial charge on any atom is -0.390 e. The molecule has 84 valence electrons. The van der Waals surface area contributed by atoms with E-state index in [0.717, 1.165) is 5.56 Å². The zero-order valence-electron chi connectivity index (χ0n) is 8.27. The second-order valence-electron chi connectivity index (χ2n) is 3.34. The smallest absolute Gasteiger partial charge is 0.124 e. The van der Waals surface area contributed by atoms with Crippen molar-refractivity contribution < 1.29 is 9.50 Å². The lowest BCUT2D eigenvalue weighted by Gasteiger charge is -2.02. The zero-order valence-corrected chi connectivity index (χ0v) is 9.85. The molecule has 16 heavy (non-hydrogen) atoms. The lowest BCUT2D eigenvalue weighted by molar-refractivity contribution is 0.276. The lowest BCUT2D eigenvalue weighted by Crippen LogP contribution is -2.00. The Balaban J connectivity index is 2.19. The van der Waals surface area contributed by atoms with Crippen LogP contribution >= 0.6 is 15.9 Å². The summed E-state index contributed by atoms with van der Waals surface area (Å²) in [5.41, 5.74) is 1.27. The molecular formula is C10H9BrFN3O. The van der Waals surface area contributed by atoms with Crippen molar-refractivity contribution in [2.45, 2.75) is 13.2 Å². The van der Waals surface area contributed by atoms with Crippen molar-refractivity contribution >= 4 is 15.9 Å². The van der Waals surface area contributed by atoms with E-state index in [-0.39, 0.29) is 12.4 Å². The molecule has 1 N–H and O–H groups in total. The molecule has 0 aliphatic rings. The first-order chi connectivity index (χ1) is 7.67. The van der Waals surface area contributed by atoms with Crippen LogP contribution in [0.5, 0.6) is 0 Å². The normalized spacial score (nSPS) is 10.7. The third-order valence-corrected chi connectivity index (χ3v) is 2.47. The standard InChI is InChI=1S/C10H9BrFN3O/c11-8-1-7(2-9(12)3-8)4-15-5-10(6-16)13-14-15/h1-3,5,16H,4,6H2. The van der Waals surface area contributed by atoms with Crippen LogP contribution in [0.1, 0.15) is 11.3 Å². The molecule has 0 fully saturated rings. The van der Waals surface area contributed by atoms with E-state index >= 15 is 0 Å². The van der Waals surface area contributed by atoms with Gasteiger partial charge >= 0.3 is 0 Å². The summed E-state index contributed by atoms with van der Waals surface area (Å²) in [4.78, 5) is 0. The molecule has 1 aromatic carbocycles. The predicted molar refractivity (Wildman–Crippen MR) is 59.1 cm³/mol. The molecule has 0 saturated heterocycles. The van der Waals surface area contributed by atoms with Gasteiger partial charge in [-0.3, -0.25) is 0 Å². The van der Waals surface area contributed by atoms with Gasteiger partial charge in [0, 0.05) is 4.47 Å². The maximum Gasteiger partial charge on any atom is 0.124 e. The first kappa shape index (κ1) is 11.2. The molecule has 0 unspecified atom stereocenters. The average molecular weight is 286 g/mol. The van der Waals surface area contributed by atoms with Crippen LogP contribution in [0.2, 0.25) is 0 Å². The average Bonchev–Trinajstić information content (AvgIpc) is 2.64. The molecule has 0 atom stereocenters. The molecule has 2 aromatic rings. The maximum atomic E-state index is 13.1. The fraction of sp³-hybridized carbons (Fsp3) is 0.200. The van der Waals surface area contributed by atoms with Crippen molar-refractivity contribution in [3.63, 3.8) is 0 Å². The summed E-state index contributed by atoms with van der Waals surface area (Å²) in [6.45, 7) is 0.274. The molecule has 1 heterocycles. The number of aromatic nitrogens is 3. The first-order valence-corrected chi connectivity index (χ1v) is 5.41. The van der Waals surface area contributed by atoms with Crippen LogP contribution in [0.15, 0.2) is 28.9 Å². The Morgan fingerprint density at radius 1 is 1.38 bits per heavy atom. The quantitative estimate of drug-likeness (QED) is 0.934. The topological polar surface area (TPSA) is 50.9 Å². The summed E-state index contributed by atoms with van der Waals surface area (Å²) in [5.74, 6) is -0.299. The third kappa shape index (κ3) is 2.65. The Kier molecular flexibility index (Phi) is 3.31. The molecule has 1 aromatic heterocycles. The summed E-state index contributed by atoms with van der Waals surface area (Å²) in [5, 5.41) is 16.4. The number of aliphatic hydroxyl groups excluding tert-OH is 1. The van der Waals surface area contributed by atoms with Crippen molar-refractivity contribution in [2.24, 2.45) is 0 Å². The highest BCUT2D eigenvalue weighted by Crippen LogP contribution is 2.15. The van der Waals surface area contributed by atoms with Gasteiger partial charge in [0.25, 0.3) is 0 Å². The van der Waals surface area contributed by atoms with Crippen molar-refractivity contribution in [3.8, 4) is 0 Å². The van der Waals surface area contributed by atoms with Crippen LogP contribution in [-0.2, 0) is 13.2 Å². The number of hydrogen-bond donors (Lipinski definition) is 1. The minimum absolute atomic E-state index is 0.146. The first-order valence-electron chi connectivity index (χ1n) is 4.62. The van der Waals surface area contributed by atoms with Crippen molar-refractivity contribution in [2.75, 3.05) is 0 Å². The Hall–Kier alpha value is -1.27. The van der Waals surface area contributed by atoms with Gasteiger partial charge in [-0.1, -0.05) is 21.1 Å². The largest absolute Gasteiger partial charge is 0.390 e. The van der Waals surface area contributed by atoms with E-state index in [1.807, 2.05) is 6.07 Å². The SMILES string of the molecule is OCc1cn(Cc2cc(F)cc(Br)c2)nn1. The second kappa shape index (κ2) is 4.71. The number of rotatable bonds is 3. The summed E-state index contributed by atoms with van der Waals surface area (Å²) >= 11 is 3.22. The summed E-state index contributed by atoms with van der Waals surface area (Å²) in [7, 11) is 0. The number of aliphatic hydroxyl groups is 1. The van der Waals surface area contributed by atoms with Crippen LogP contribution in [0.3, 0.4) is 0 Å². The summed E-state index contributed by atoms with van der Waals surface area (Å²) in [6, 6.07) is 4.64. The van der Waals surface area contributed by atoms with Gasteiger partial charge in [0.05, 0.1) is 19.3 Å². The minimum atomic E-state index is -0.299. The second-order valence-corrected chi connectivity index (χ2v) is 4.26. The number of hydrogen-bond acceptors (Lipinski definition) is 3. The van der Waals surface area contributed by atoms with Crippen molar-refractivity contribution in [1.82, 2.24) is 15.0 Å². The van der Waals surface area contributed by atoms with Gasteiger partial charge in [0.2, 0.25) is 0 Å². The third-order valence-electron chi connectivity index (χ3n) is 2.02. The maximum absolute atomic E-state index is 13.1. The Morgan fingerprint density at radius 2 is 2.19 bits per heavy atom. The highest BCUT2D eigenvalue weighted by atomic mass is 79.9. The Morgan fingerprint density at radius 3 is 2.81 bits per heavy atom. The van der Waals surface area contributed by atoms with E-state index in [1.54, 1.807) is 10.9 Å². The van der Waals surface area contributed by atoms with E-state index in [0.29, 0.717) is 16.7 Å². The fourth-order valence-electron chi connectivity index (χ4n) is 1.38. The molecule has 4 nitrogen and oxygen atoms in total. The van der Waals surface area contributed by atoms with Crippen LogP contribution in [0, 0.1) is 5.82 Å². The molecule has 0 aliphatic carbocycles. The molecule has 0 saturated carbocycles. The Labute approximate surface area is 99.8 Å². The number of nitrogens with zero attached hydrogens (tertiary/aromatic N) is 3. The lowest BCUT2D eigenvalue weighted by atomic mass is 10.2. The number of halogens is 2. The van der Waals surface area contributed by atoms with E-state index in [1.165, 1.54) is 12.1 Å². The van der Waals surface area contributed by atoms with Crippen LogP contribution < -0.4 is 0 Å². The predicted octanol–water partition coefficient (Wildman–Crippen LogP) is 1.72. The van der Waals surface area contributed by atoms with Gasteiger partial charge in [0.15, 0.2) is 0 Å². The molecule has 0 bridgehead atoms. The highest BCUT2D eigenvalue weighted by molar-refractivity contribution is 9.10. The number of benzene rings is 1. The van der Waals surface area contributed by atoms with E-state index in [9.17, 15) is 4.39 Å². The van der Waals surface area contributed by atoms with Gasteiger partial charge < -0.3 is 5.11 Å². The van der Waals surface area contributed by atoms with Gasteiger partial charge in [-0.2, -0.15) is 0 Å². The van der Waals surface area contributed by atoms with E-state index in [2.05, 4.69) is 26.2 Å². The van der Waals surface area contributed by atoms with E-state index < -0.39 is 0 Å². The molecule has 6 heteroatoms. The van der Waals surface area contributed by atoms with Gasteiger partial charge in [-0.15, -0.1) is 5.10 Å². The fourth-order valence-corrected chi connectivity index (χ4v) is 1.89. The molecule has 0 spiro atoms. The van der Waals surface area contributed by atoms with Gasteiger partial charge in [-0.25, -0.2) is 9.07 Å². The molecule has 0 amide bonds. The van der Waals surface area contributed by atoms with Gasteiger partial charge in [-0.05, 0) is 23.8 Å². The molecule has 0 radical (unpaired) electrons. The molecular weight excluding hydrogens is 277 g/mol. The van der Waals surface area contributed by atoms with Crippen LogP contribution in [0.4, 0.5) is 4.39 Å².